The van der Waals surface area contributed by atoms with Crippen molar-refractivity contribution in [3.05, 3.63) is 23.8 Å². The molecule has 0 saturated heterocycles. The summed E-state index contributed by atoms with van der Waals surface area (Å²) in [6.07, 6.45) is -3.13. The monoisotopic (exact) mass is 345 g/mol. The van der Waals surface area contributed by atoms with E-state index in [2.05, 4.69) is 4.98 Å². The van der Waals surface area contributed by atoms with Gasteiger partial charge in [0.1, 0.15) is 0 Å². The highest BCUT2D eigenvalue weighted by Crippen LogP contribution is 2.34. The summed E-state index contributed by atoms with van der Waals surface area (Å²) in [5.41, 5.74) is 5.54. The fourth-order valence-electron chi connectivity index (χ4n) is 2.28. The van der Waals surface area contributed by atoms with E-state index in [1.165, 1.54) is 17.8 Å². The lowest BCUT2D eigenvalue weighted by atomic mass is 10.2. The molecular formula is C15H18F3N3OS. The SMILES string of the molecule is CCCn1c(SC(CC)C(N)=O)nc2ccc(C(F)(F)F)cc21. The third kappa shape index (κ3) is 3.80. The quantitative estimate of drug-likeness (QED) is 0.810. The molecule has 1 unspecified atom stereocenters. The van der Waals surface area contributed by atoms with Gasteiger partial charge in [-0.25, -0.2) is 4.98 Å². The van der Waals surface area contributed by atoms with Gasteiger partial charge in [0.25, 0.3) is 0 Å². The Balaban J connectivity index is 2.52. The molecule has 0 aliphatic rings. The Morgan fingerprint density at radius 1 is 1.39 bits per heavy atom. The zero-order valence-electron chi connectivity index (χ0n) is 12.9. The summed E-state index contributed by atoms with van der Waals surface area (Å²) in [4.78, 5) is 15.8. The van der Waals surface area contributed by atoms with Crippen LogP contribution in [-0.4, -0.2) is 20.7 Å². The van der Waals surface area contributed by atoms with Crippen LogP contribution in [0.2, 0.25) is 0 Å². The molecule has 0 bridgehead atoms. The number of carbonyl (C=O) groups excluding carboxylic acids is 1. The van der Waals surface area contributed by atoms with E-state index in [9.17, 15) is 18.0 Å². The van der Waals surface area contributed by atoms with E-state index >= 15 is 0 Å². The van der Waals surface area contributed by atoms with Crippen molar-refractivity contribution in [1.82, 2.24) is 9.55 Å². The van der Waals surface area contributed by atoms with E-state index in [0.29, 0.717) is 29.2 Å². The van der Waals surface area contributed by atoms with Crippen molar-refractivity contribution >= 4 is 28.7 Å². The van der Waals surface area contributed by atoms with Crippen LogP contribution in [0, 0.1) is 0 Å². The molecule has 23 heavy (non-hydrogen) atoms. The van der Waals surface area contributed by atoms with Gasteiger partial charge in [-0.15, -0.1) is 0 Å². The smallest absolute Gasteiger partial charge is 0.369 e. The highest BCUT2D eigenvalue weighted by atomic mass is 32.2. The molecule has 8 heteroatoms. The number of halogens is 3. The zero-order chi connectivity index (χ0) is 17.2. The van der Waals surface area contributed by atoms with Crippen LogP contribution in [0.5, 0.6) is 0 Å². The van der Waals surface area contributed by atoms with Crippen LogP contribution in [0.1, 0.15) is 32.3 Å². The molecule has 126 valence electrons. The van der Waals surface area contributed by atoms with Crippen LogP contribution in [0.25, 0.3) is 11.0 Å². The normalized spacial score (nSPS) is 13.4. The number of alkyl halides is 3. The van der Waals surface area contributed by atoms with Gasteiger partial charge >= 0.3 is 6.18 Å². The first-order chi connectivity index (χ1) is 10.8. The number of hydrogen-bond acceptors (Lipinski definition) is 3. The molecular weight excluding hydrogens is 327 g/mol. The van der Waals surface area contributed by atoms with E-state index < -0.39 is 22.9 Å². The summed E-state index contributed by atoms with van der Waals surface area (Å²) in [6.45, 7) is 4.28. The third-order valence-electron chi connectivity index (χ3n) is 3.42. The number of imidazole rings is 1. The number of fused-ring (bicyclic) bond motifs is 1. The summed E-state index contributed by atoms with van der Waals surface area (Å²) in [5.74, 6) is -0.455. The fourth-order valence-corrected chi connectivity index (χ4v) is 3.28. The van der Waals surface area contributed by atoms with Crippen molar-refractivity contribution in [2.45, 2.75) is 49.8 Å². The molecule has 1 amide bonds. The summed E-state index contributed by atoms with van der Waals surface area (Å²) < 4.78 is 40.5. The molecule has 0 spiro atoms. The zero-order valence-corrected chi connectivity index (χ0v) is 13.7. The van der Waals surface area contributed by atoms with Gasteiger partial charge in [0.05, 0.1) is 21.8 Å². The number of carbonyl (C=O) groups is 1. The summed E-state index contributed by atoms with van der Waals surface area (Å²) in [5, 5.41) is 0.0660. The average molecular weight is 345 g/mol. The number of rotatable bonds is 6. The number of thioether (sulfide) groups is 1. The highest BCUT2D eigenvalue weighted by Gasteiger charge is 2.31. The predicted octanol–water partition coefficient (Wildman–Crippen LogP) is 3.82. The number of nitrogens with zero attached hydrogens (tertiary/aromatic N) is 2. The summed E-state index contributed by atoms with van der Waals surface area (Å²) in [6, 6.07) is 3.48. The average Bonchev–Trinajstić information content (AvgIpc) is 2.81. The Kier molecular flexibility index (Phi) is 5.23. The van der Waals surface area contributed by atoms with Gasteiger partial charge in [-0.1, -0.05) is 25.6 Å². The summed E-state index contributed by atoms with van der Waals surface area (Å²) >= 11 is 1.20. The largest absolute Gasteiger partial charge is 0.416 e. The molecule has 2 N–H and O–H groups in total. The van der Waals surface area contributed by atoms with E-state index in [0.717, 1.165) is 18.6 Å². The van der Waals surface area contributed by atoms with Gasteiger partial charge < -0.3 is 10.3 Å². The molecule has 0 fully saturated rings. The van der Waals surface area contributed by atoms with Gasteiger partial charge in [0.15, 0.2) is 5.16 Å². The van der Waals surface area contributed by atoms with Crippen LogP contribution in [-0.2, 0) is 17.5 Å². The maximum absolute atomic E-state index is 12.9. The van der Waals surface area contributed by atoms with Crippen LogP contribution >= 0.6 is 11.8 Å². The first kappa shape index (κ1) is 17.7. The maximum atomic E-state index is 12.9. The molecule has 0 aliphatic heterocycles. The minimum Gasteiger partial charge on any atom is -0.369 e. The van der Waals surface area contributed by atoms with Gasteiger partial charge in [-0.05, 0) is 31.0 Å². The van der Waals surface area contributed by atoms with Crippen molar-refractivity contribution < 1.29 is 18.0 Å². The van der Waals surface area contributed by atoms with Gasteiger partial charge in [-0.2, -0.15) is 13.2 Å². The lowest BCUT2D eigenvalue weighted by Gasteiger charge is -2.12. The van der Waals surface area contributed by atoms with E-state index in [1.54, 1.807) is 4.57 Å². The van der Waals surface area contributed by atoms with Crippen LogP contribution in [0.3, 0.4) is 0 Å². The number of hydrogen-bond donors (Lipinski definition) is 1. The van der Waals surface area contributed by atoms with Crippen molar-refractivity contribution in [1.29, 1.82) is 0 Å². The minimum atomic E-state index is -4.40. The number of primary amides is 1. The Morgan fingerprint density at radius 2 is 2.09 bits per heavy atom. The van der Waals surface area contributed by atoms with Gasteiger partial charge in [0, 0.05) is 6.54 Å². The number of benzene rings is 1. The lowest BCUT2D eigenvalue weighted by Crippen LogP contribution is -2.25. The lowest BCUT2D eigenvalue weighted by molar-refractivity contribution is -0.137. The number of nitrogens with two attached hydrogens (primary N) is 1. The van der Waals surface area contributed by atoms with E-state index in [1.807, 2.05) is 13.8 Å². The fraction of sp³-hybridized carbons (Fsp3) is 0.467. The topological polar surface area (TPSA) is 60.9 Å². The molecule has 2 rings (SSSR count). The van der Waals surface area contributed by atoms with Crippen molar-refractivity contribution in [2.24, 2.45) is 5.73 Å². The van der Waals surface area contributed by atoms with Crippen LogP contribution in [0.15, 0.2) is 23.4 Å². The maximum Gasteiger partial charge on any atom is 0.416 e. The van der Waals surface area contributed by atoms with E-state index in [-0.39, 0.29) is 0 Å². The number of aromatic nitrogens is 2. The van der Waals surface area contributed by atoms with Crippen LogP contribution < -0.4 is 5.73 Å². The third-order valence-corrected chi connectivity index (χ3v) is 4.80. The van der Waals surface area contributed by atoms with Gasteiger partial charge in [-0.3, -0.25) is 4.79 Å². The summed E-state index contributed by atoms with van der Waals surface area (Å²) in [7, 11) is 0. The standard InChI is InChI=1S/C15H18F3N3OS/c1-3-7-21-11-8-9(15(16,17)18)5-6-10(11)20-14(21)23-12(4-2)13(19)22/h5-6,8,12H,3-4,7H2,1-2H3,(H2,19,22). The van der Waals surface area contributed by atoms with Crippen molar-refractivity contribution in [2.75, 3.05) is 0 Å². The minimum absolute atomic E-state index is 0.420. The molecule has 2 aromatic rings. The number of amides is 1. The van der Waals surface area contributed by atoms with Gasteiger partial charge in [0.2, 0.25) is 5.91 Å². The van der Waals surface area contributed by atoms with Crippen molar-refractivity contribution in [3.8, 4) is 0 Å². The molecule has 4 nitrogen and oxygen atoms in total. The first-order valence-corrected chi connectivity index (χ1v) is 8.19. The van der Waals surface area contributed by atoms with Crippen molar-refractivity contribution in [3.63, 3.8) is 0 Å². The molecule has 1 heterocycles. The second kappa shape index (κ2) is 6.82. The second-order valence-corrected chi connectivity index (χ2v) is 6.33. The highest BCUT2D eigenvalue weighted by molar-refractivity contribution is 8.00. The Bertz CT molecular complexity index is 712. The first-order valence-electron chi connectivity index (χ1n) is 7.31. The Hall–Kier alpha value is -1.70. The Morgan fingerprint density at radius 3 is 2.61 bits per heavy atom. The van der Waals surface area contributed by atoms with Crippen LogP contribution in [0.4, 0.5) is 13.2 Å². The Labute approximate surface area is 136 Å². The molecule has 0 saturated carbocycles. The molecule has 1 aromatic heterocycles. The molecule has 0 radical (unpaired) electrons. The predicted molar refractivity (Wildman–Crippen MR) is 84.2 cm³/mol. The second-order valence-electron chi connectivity index (χ2n) is 5.16. The molecule has 1 atom stereocenters. The number of aryl methyl sites for hydroxylation is 1. The molecule has 0 aliphatic carbocycles. The van der Waals surface area contributed by atoms with E-state index in [4.69, 9.17) is 5.73 Å². The molecule has 1 aromatic carbocycles.